The van der Waals surface area contributed by atoms with E-state index in [0.29, 0.717) is 10.8 Å². The highest BCUT2D eigenvalue weighted by atomic mass is 32.2. The third-order valence-corrected chi connectivity index (χ3v) is 5.86. The van der Waals surface area contributed by atoms with Crippen LogP contribution < -0.4 is 5.32 Å². The van der Waals surface area contributed by atoms with Crippen LogP contribution >= 0.6 is 11.8 Å². The lowest BCUT2D eigenvalue weighted by atomic mass is 9.86. The van der Waals surface area contributed by atoms with Gasteiger partial charge in [0.25, 0.3) is 5.91 Å². The van der Waals surface area contributed by atoms with Gasteiger partial charge in [0.2, 0.25) is 0 Å². The summed E-state index contributed by atoms with van der Waals surface area (Å²) < 4.78 is 0. The average molecular weight is 318 g/mol. The Morgan fingerprint density at radius 2 is 1.91 bits per heavy atom. The Hall–Kier alpha value is -1.49. The lowest BCUT2D eigenvalue weighted by Gasteiger charge is -2.21. The molecular formula is C17H22N2O2S. The second-order valence-electron chi connectivity index (χ2n) is 7.08. The summed E-state index contributed by atoms with van der Waals surface area (Å²) >= 11 is 1.80. The van der Waals surface area contributed by atoms with E-state index in [9.17, 15) is 9.59 Å². The van der Waals surface area contributed by atoms with E-state index in [0.717, 1.165) is 5.75 Å². The third kappa shape index (κ3) is 2.51. The minimum absolute atomic E-state index is 0.0257. The van der Waals surface area contributed by atoms with E-state index in [4.69, 9.17) is 0 Å². The van der Waals surface area contributed by atoms with Crippen molar-refractivity contribution in [2.24, 2.45) is 0 Å². The molecule has 1 aromatic carbocycles. The van der Waals surface area contributed by atoms with Gasteiger partial charge >= 0.3 is 6.03 Å². The molecule has 0 radical (unpaired) electrons. The Kier molecular flexibility index (Phi) is 3.71. The average Bonchev–Trinajstić information content (AvgIpc) is 2.96. The minimum atomic E-state index is -0.257. The summed E-state index contributed by atoms with van der Waals surface area (Å²) in [6.07, 6.45) is 0. The highest BCUT2D eigenvalue weighted by Gasteiger charge is 2.49. The molecule has 2 saturated heterocycles. The van der Waals surface area contributed by atoms with Gasteiger partial charge in [0.05, 0.1) is 12.1 Å². The van der Waals surface area contributed by atoms with Gasteiger partial charge in [-0.25, -0.2) is 4.79 Å². The molecule has 3 rings (SSSR count). The van der Waals surface area contributed by atoms with Crippen molar-refractivity contribution in [3.05, 3.63) is 35.4 Å². The number of rotatable bonds is 1. The fourth-order valence-corrected chi connectivity index (χ4v) is 4.39. The summed E-state index contributed by atoms with van der Waals surface area (Å²) in [6, 6.07) is 7.41. The predicted octanol–water partition coefficient (Wildman–Crippen LogP) is 3.02. The number of hydrogen-bond donors (Lipinski definition) is 1. The zero-order chi connectivity index (χ0) is 16.1. The molecule has 4 nitrogen and oxygen atoms in total. The summed E-state index contributed by atoms with van der Waals surface area (Å²) in [5.74, 6) is 0.622. The van der Waals surface area contributed by atoms with Gasteiger partial charge in [-0.05, 0) is 23.1 Å². The summed E-state index contributed by atoms with van der Waals surface area (Å²) in [6.45, 7) is 8.51. The number of carbonyl (C=O) groups excluding carboxylic acids is 2. The number of urea groups is 1. The number of fused-ring (bicyclic) bond motifs is 1. The van der Waals surface area contributed by atoms with Crippen molar-refractivity contribution in [2.75, 3.05) is 5.75 Å². The van der Waals surface area contributed by atoms with Gasteiger partial charge in [0, 0.05) is 16.6 Å². The Bertz CT molecular complexity index is 606. The SMILES string of the molecule is CC1SC[C@H]2[C@@H]1NC(=O)N2C(=O)c1ccc(C(C)(C)C)cc1. The summed E-state index contributed by atoms with van der Waals surface area (Å²) in [7, 11) is 0. The van der Waals surface area contributed by atoms with Gasteiger partial charge in [-0.2, -0.15) is 11.8 Å². The van der Waals surface area contributed by atoms with Gasteiger partial charge in [-0.1, -0.05) is 39.8 Å². The Balaban J connectivity index is 1.83. The molecule has 2 heterocycles. The van der Waals surface area contributed by atoms with Crippen molar-refractivity contribution in [3.63, 3.8) is 0 Å². The first kappa shape index (κ1) is 15.4. The molecule has 2 fully saturated rings. The number of nitrogens with one attached hydrogen (secondary N) is 1. The zero-order valence-corrected chi connectivity index (χ0v) is 14.2. The van der Waals surface area contributed by atoms with Crippen LogP contribution in [0.2, 0.25) is 0 Å². The molecule has 5 heteroatoms. The number of benzene rings is 1. The molecule has 0 aliphatic carbocycles. The first-order valence-electron chi connectivity index (χ1n) is 7.65. The van der Waals surface area contributed by atoms with Crippen LogP contribution in [0.1, 0.15) is 43.6 Å². The van der Waals surface area contributed by atoms with Crippen LogP contribution in [0.3, 0.4) is 0 Å². The van der Waals surface area contributed by atoms with Crippen molar-refractivity contribution in [2.45, 2.75) is 50.4 Å². The predicted molar refractivity (Wildman–Crippen MR) is 89.3 cm³/mol. The smallest absolute Gasteiger partial charge is 0.325 e. The zero-order valence-electron chi connectivity index (χ0n) is 13.4. The van der Waals surface area contributed by atoms with Crippen LogP contribution in [0, 0.1) is 0 Å². The lowest BCUT2D eigenvalue weighted by molar-refractivity contribution is 0.0790. The number of amides is 3. The molecule has 22 heavy (non-hydrogen) atoms. The van der Waals surface area contributed by atoms with Crippen LogP contribution in [0.25, 0.3) is 0 Å². The maximum absolute atomic E-state index is 12.7. The van der Waals surface area contributed by atoms with E-state index in [1.807, 2.05) is 24.3 Å². The lowest BCUT2D eigenvalue weighted by Crippen LogP contribution is -2.41. The largest absolute Gasteiger partial charge is 0.332 e. The molecule has 1 unspecified atom stereocenters. The van der Waals surface area contributed by atoms with Crippen LogP contribution in [0.15, 0.2) is 24.3 Å². The third-order valence-electron chi connectivity index (χ3n) is 4.51. The van der Waals surface area contributed by atoms with Crippen molar-refractivity contribution >= 4 is 23.7 Å². The van der Waals surface area contributed by atoms with Crippen molar-refractivity contribution in [1.82, 2.24) is 10.2 Å². The molecular weight excluding hydrogens is 296 g/mol. The highest BCUT2D eigenvalue weighted by Crippen LogP contribution is 2.34. The number of hydrogen-bond acceptors (Lipinski definition) is 3. The molecule has 0 saturated carbocycles. The first-order chi connectivity index (χ1) is 10.3. The maximum Gasteiger partial charge on any atom is 0.325 e. The fourth-order valence-electron chi connectivity index (χ4n) is 3.08. The molecule has 3 amide bonds. The van der Waals surface area contributed by atoms with Gasteiger partial charge in [0.1, 0.15) is 0 Å². The molecule has 0 spiro atoms. The normalized spacial score (nSPS) is 27.7. The van der Waals surface area contributed by atoms with E-state index in [2.05, 4.69) is 33.0 Å². The van der Waals surface area contributed by atoms with Crippen LogP contribution in [0.4, 0.5) is 4.79 Å². The molecule has 1 N–H and O–H groups in total. The number of nitrogens with zero attached hydrogens (tertiary/aromatic N) is 1. The molecule has 2 aliphatic heterocycles. The van der Waals surface area contributed by atoms with Crippen LogP contribution in [0.5, 0.6) is 0 Å². The molecule has 0 aromatic heterocycles. The fraction of sp³-hybridized carbons (Fsp3) is 0.529. The number of thioether (sulfide) groups is 1. The van der Waals surface area contributed by atoms with Gasteiger partial charge < -0.3 is 5.32 Å². The van der Waals surface area contributed by atoms with E-state index < -0.39 is 0 Å². The van der Waals surface area contributed by atoms with E-state index in [1.165, 1.54) is 10.5 Å². The van der Waals surface area contributed by atoms with Gasteiger partial charge in [-0.3, -0.25) is 9.69 Å². The Labute approximate surface area is 135 Å². The minimum Gasteiger partial charge on any atom is -0.332 e. The molecule has 1 aromatic rings. The second kappa shape index (κ2) is 5.30. The molecule has 118 valence electrons. The van der Waals surface area contributed by atoms with Gasteiger partial charge in [-0.15, -0.1) is 0 Å². The Morgan fingerprint density at radius 3 is 2.50 bits per heavy atom. The Morgan fingerprint density at radius 1 is 1.27 bits per heavy atom. The summed E-state index contributed by atoms with van der Waals surface area (Å²) in [5, 5.41) is 3.30. The molecule has 2 aliphatic rings. The second-order valence-corrected chi connectivity index (χ2v) is 8.49. The van der Waals surface area contributed by atoms with E-state index in [1.54, 1.807) is 11.8 Å². The maximum atomic E-state index is 12.7. The van der Waals surface area contributed by atoms with Crippen LogP contribution in [-0.4, -0.2) is 39.9 Å². The topological polar surface area (TPSA) is 49.4 Å². The van der Waals surface area contributed by atoms with Crippen LogP contribution in [-0.2, 0) is 5.41 Å². The van der Waals surface area contributed by atoms with Crippen molar-refractivity contribution < 1.29 is 9.59 Å². The van der Waals surface area contributed by atoms with Crippen molar-refractivity contribution in [3.8, 4) is 0 Å². The quantitative estimate of drug-likeness (QED) is 0.810. The van der Waals surface area contributed by atoms with Crippen molar-refractivity contribution in [1.29, 1.82) is 0 Å². The van der Waals surface area contributed by atoms with E-state index >= 15 is 0 Å². The monoisotopic (exact) mass is 318 g/mol. The first-order valence-corrected chi connectivity index (χ1v) is 8.70. The van der Waals surface area contributed by atoms with E-state index in [-0.39, 0.29) is 29.4 Å². The molecule has 0 bridgehead atoms. The standard InChI is InChI=1S/C17H22N2O2S/c1-10-14-13(9-22-10)19(16(21)18-14)15(20)11-5-7-12(8-6-11)17(2,3)4/h5-8,10,13-14H,9H2,1-4H3,(H,18,21)/t10?,13-,14+/m0/s1. The number of carbonyl (C=O) groups is 2. The molecule has 3 atom stereocenters. The number of imide groups is 1. The van der Waals surface area contributed by atoms with Gasteiger partial charge in [0.15, 0.2) is 0 Å². The highest BCUT2D eigenvalue weighted by molar-refractivity contribution is 8.00. The summed E-state index contributed by atoms with van der Waals surface area (Å²) in [4.78, 5) is 26.3. The summed E-state index contributed by atoms with van der Waals surface area (Å²) in [5.41, 5.74) is 1.81.